The summed E-state index contributed by atoms with van der Waals surface area (Å²) in [7, 11) is 3.38. The molecule has 100 valence electrons. The number of amides is 1. The third-order valence-corrected chi connectivity index (χ3v) is 2.17. The molecule has 0 unspecified atom stereocenters. The van der Waals surface area contributed by atoms with E-state index >= 15 is 0 Å². The molecule has 0 spiro atoms. The van der Waals surface area contributed by atoms with E-state index in [0.717, 1.165) is 18.2 Å². The van der Waals surface area contributed by atoms with Gasteiger partial charge in [0.25, 0.3) is 0 Å². The van der Waals surface area contributed by atoms with Crippen LogP contribution in [0.2, 0.25) is 0 Å². The molecule has 16 heavy (non-hydrogen) atoms. The quantitative estimate of drug-likeness (QED) is 0.649. The molecule has 1 amide bonds. The Hall–Kier alpha value is -0.530. The molecule has 2 heteroatoms. The first-order valence-electron chi connectivity index (χ1n) is 6.59. The predicted octanol–water partition coefficient (Wildman–Crippen LogP) is 4.20. The Labute approximate surface area is 103 Å². The van der Waals surface area contributed by atoms with E-state index in [9.17, 15) is 4.79 Å². The maximum atomic E-state index is 9.43. The Morgan fingerprint density at radius 3 is 1.44 bits per heavy atom. The first kappa shape index (κ1) is 20.8. The van der Waals surface area contributed by atoms with Gasteiger partial charge in [-0.2, -0.15) is 0 Å². The minimum absolute atomic E-state index is 0.750. The van der Waals surface area contributed by atoms with Crippen molar-refractivity contribution in [3.05, 3.63) is 0 Å². The van der Waals surface area contributed by atoms with Gasteiger partial charge >= 0.3 is 0 Å². The van der Waals surface area contributed by atoms with Crippen LogP contribution in [-0.2, 0) is 4.79 Å². The molecular formula is C14H33NO. The number of nitrogens with zero attached hydrogens (tertiary/aromatic N) is 1. The zero-order valence-electron chi connectivity index (χ0n) is 12.7. The van der Waals surface area contributed by atoms with Crippen LogP contribution < -0.4 is 0 Å². The minimum Gasteiger partial charge on any atom is -0.351 e. The van der Waals surface area contributed by atoms with E-state index in [1.807, 2.05) is 13.8 Å². The smallest absolute Gasteiger partial charge is 0.209 e. The van der Waals surface area contributed by atoms with Gasteiger partial charge in [0.2, 0.25) is 6.41 Å². The van der Waals surface area contributed by atoms with Gasteiger partial charge in [-0.05, 0) is 18.3 Å². The maximum absolute atomic E-state index is 9.43. The van der Waals surface area contributed by atoms with Gasteiger partial charge in [0.05, 0.1) is 0 Å². The molecule has 0 N–H and O–H groups in total. The Bertz CT molecular complexity index is 118. The van der Waals surface area contributed by atoms with Crippen molar-refractivity contribution in [1.29, 1.82) is 0 Å². The lowest BCUT2D eigenvalue weighted by Crippen LogP contribution is -2.06. The molecule has 2 nitrogen and oxygen atoms in total. The van der Waals surface area contributed by atoms with Crippen molar-refractivity contribution < 1.29 is 4.79 Å². The van der Waals surface area contributed by atoms with Crippen LogP contribution in [0.3, 0.4) is 0 Å². The Morgan fingerprint density at radius 1 is 1.06 bits per heavy atom. The summed E-state index contributed by atoms with van der Waals surface area (Å²) in [5.74, 6) is 1.86. The van der Waals surface area contributed by atoms with Crippen LogP contribution in [0, 0.1) is 11.8 Å². The highest BCUT2D eigenvalue weighted by molar-refractivity contribution is 5.45. The third-order valence-electron chi connectivity index (χ3n) is 2.17. The summed E-state index contributed by atoms with van der Waals surface area (Å²) in [6.45, 7) is 13.2. The molecule has 0 aliphatic heterocycles. The van der Waals surface area contributed by atoms with Gasteiger partial charge in [-0.15, -0.1) is 0 Å². The van der Waals surface area contributed by atoms with E-state index in [1.54, 1.807) is 14.1 Å². The molecular weight excluding hydrogens is 198 g/mol. The van der Waals surface area contributed by atoms with Crippen LogP contribution in [-0.4, -0.2) is 25.4 Å². The van der Waals surface area contributed by atoms with E-state index in [2.05, 4.69) is 27.7 Å². The van der Waals surface area contributed by atoms with Crippen LogP contribution in [0.15, 0.2) is 0 Å². The lowest BCUT2D eigenvalue weighted by atomic mass is 9.93. The standard InChI is InChI=1S/C9H20.C3H7NO.C2H6/c1-5-9(6-2)7-8(3)4;1-4(2)3-5;1-2/h8-9H,5-7H2,1-4H3;3H,1-2H3;1-2H3. The molecule has 0 fully saturated rings. The molecule has 0 rings (SSSR count). The second-order valence-corrected chi connectivity index (χ2v) is 4.38. The number of hydrogen-bond donors (Lipinski definition) is 0. The summed E-state index contributed by atoms with van der Waals surface area (Å²) in [6.07, 6.45) is 4.87. The topological polar surface area (TPSA) is 20.3 Å². The van der Waals surface area contributed by atoms with Crippen molar-refractivity contribution in [2.24, 2.45) is 11.8 Å². The second kappa shape index (κ2) is 16.9. The largest absolute Gasteiger partial charge is 0.351 e. The van der Waals surface area contributed by atoms with E-state index in [4.69, 9.17) is 0 Å². The highest BCUT2D eigenvalue weighted by Crippen LogP contribution is 2.17. The molecule has 0 atom stereocenters. The van der Waals surface area contributed by atoms with Gasteiger partial charge < -0.3 is 4.90 Å². The van der Waals surface area contributed by atoms with Gasteiger partial charge in [-0.1, -0.05) is 54.4 Å². The van der Waals surface area contributed by atoms with Crippen LogP contribution in [0.5, 0.6) is 0 Å². The molecule has 0 aromatic heterocycles. The second-order valence-electron chi connectivity index (χ2n) is 4.38. The third kappa shape index (κ3) is 23.4. The average molecular weight is 231 g/mol. The Morgan fingerprint density at radius 2 is 1.38 bits per heavy atom. The summed E-state index contributed by atoms with van der Waals surface area (Å²) in [5.41, 5.74) is 0. The summed E-state index contributed by atoms with van der Waals surface area (Å²) < 4.78 is 0. The van der Waals surface area contributed by atoms with Crippen LogP contribution in [0.1, 0.15) is 60.8 Å². The minimum atomic E-state index is 0.750. The SMILES string of the molecule is CC.CCC(CC)CC(C)C.CN(C)C=O. The molecule has 0 radical (unpaired) electrons. The van der Waals surface area contributed by atoms with Crippen molar-refractivity contribution >= 4 is 6.41 Å². The van der Waals surface area contributed by atoms with Crippen molar-refractivity contribution in [2.75, 3.05) is 14.1 Å². The Balaban J connectivity index is -0.000000205. The van der Waals surface area contributed by atoms with Crippen LogP contribution in [0.25, 0.3) is 0 Å². The van der Waals surface area contributed by atoms with E-state index in [0.29, 0.717) is 0 Å². The first-order valence-corrected chi connectivity index (χ1v) is 6.59. The van der Waals surface area contributed by atoms with E-state index < -0.39 is 0 Å². The highest BCUT2D eigenvalue weighted by atomic mass is 16.1. The van der Waals surface area contributed by atoms with Gasteiger partial charge in [-0.3, -0.25) is 4.79 Å². The monoisotopic (exact) mass is 231 g/mol. The fourth-order valence-corrected chi connectivity index (χ4v) is 1.29. The van der Waals surface area contributed by atoms with Crippen molar-refractivity contribution in [3.8, 4) is 0 Å². The molecule has 0 aliphatic rings. The van der Waals surface area contributed by atoms with E-state index in [-0.39, 0.29) is 0 Å². The van der Waals surface area contributed by atoms with Gasteiger partial charge in [0.1, 0.15) is 0 Å². The number of carbonyl (C=O) groups is 1. The zero-order chi connectivity index (χ0) is 13.6. The lowest BCUT2D eigenvalue weighted by Gasteiger charge is -2.13. The molecule has 0 aliphatic carbocycles. The average Bonchev–Trinajstić information content (AvgIpc) is 2.29. The molecule has 0 heterocycles. The van der Waals surface area contributed by atoms with E-state index in [1.165, 1.54) is 24.2 Å². The summed E-state index contributed by atoms with van der Waals surface area (Å²) in [5, 5.41) is 0. The molecule has 0 aromatic carbocycles. The van der Waals surface area contributed by atoms with Crippen molar-refractivity contribution in [3.63, 3.8) is 0 Å². The van der Waals surface area contributed by atoms with Crippen LogP contribution in [0.4, 0.5) is 0 Å². The van der Waals surface area contributed by atoms with Crippen molar-refractivity contribution in [2.45, 2.75) is 60.8 Å². The zero-order valence-corrected chi connectivity index (χ0v) is 12.7. The number of carbonyl (C=O) groups excluding carboxylic acids is 1. The summed E-state index contributed by atoms with van der Waals surface area (Å²) in [6, 6.07) is 0. The molecule has 0 saturated carbocycles. The van der Waals surface area contributed by atoms with Gasteiger partial charge in [0.15, 0.2) is 0 Å². The Kier molecular flexibility index (Phi) is 22.0. The summed E-state index contributed by atoms with van der Waals surface area (Å²) >= 11 is 0. The lowest BCUT2D eigenvalue weighted by molar-refractivity contribution is -0.115. The molecule has 0 saturated heterocycles. The first-order chi connectivity index (χ1) is 7.47. The van der Waals surface area contributed by atoms with Gasteiger partial charge in [0, 0.05) is 14.1 Å². The maximum Gasteiger partial charge on any atom is 0.209 e. The highest BCUT2D eigenvalue weighted by Gasteiger charge is 2.04. The number of rotatable bonds is 5. The molecule has 0 bridgehead atoms. The molecule has 0 aromatic rings. The summed E-state index contributed by atoms with van der Waals surface area (Å²) in [4.78, 5) is 10.9. The van der Waals surface area contributed by atoms with Crippen molar-refractivity contribution in [1.82, 2.24) is 4.90 Å². The van der Waals surface area contributed by atoms with Gasteiger partial charge in [-0.25, -0.2) is 0 Å². The normalized spacial score (nSPS) is 8.88. The fourth-order valence-electron chi connectivity index (χ4n) is 1.29. The fraction of sp³-hybridized carbons (Fsp3) is 0.929. The predicted molar refractivity (Wildman–Crippen MR) is 74.6 cm³/mol. The van der Waals surface area contributed by atoms with Crippen LogP contribution >= 0.6 is 0 Å². The number of hydrogen-bond acceptors (Lipinski definition) is 1.